The van der Waals surface area contributed by atoms with E-state index in [0.29, 0.717) is 30.3 Å². The largest absolute Gasteiger partial charge is 0.483 e. The Labute approximate surface area is 202 Å². The number of nitrogens with one attached hydrogen (secondary N) is 1. The summed E-state index contributed by atoms with van der Waals surface area (Å²) in [6.07, 6.45) is 3.58. The average molecular weight is 486 g/mol. The molecule has 0 aliphatic carbocycles. The number of pyridine rings is 2. The highest BCUT2D eigenvalue weighted by molar-refractivity contribution is 7.10. The van der Waals surface area contributed by atoms with Crippen molar-refractivity contribution in [3.8, 4) is 11.6 Å². The second-order valence-corrected chi connectivity index (χ2v) is 8.99. The summed E-state index contributed by atoms with van der Waals surface area (Å²) in [5.74, 6) is 0.0698. The molecule has 10 heteroatoms. The predicted octanol–water partition coefficient (Wildman–Crippen LogP) is 3.51. The molecular weight excluding hydrogens is 457 g/mol. The molecule has 0 aromatic carbocycles. The van der Waals surface area contributed by atoms with Crippen LogP contribution in [0.3, 0.4) is 0 Å². The van der Waals surface area contributed by atoms with Crippen LogP contribution >= 0.6 is 11.3 Å². The molecule has 1 aliphatic rings. The van der Waals surface area contributed by atoms with Crippen molar-refractivity contribution in [1.29, 1.82) is 0 Å². The first-order valence-corrected chi connectivity index (χ1v) is 11.9. The fourth-order valence-electron chi connectivity index (χ4n) is 3.82. The van der Waals surface area contributed by atoms with Gasteiger partial charge in [-0.1, -0.05) is 6.07 Å². The van der Waals surface area contributed by atoms with E-state index < -0.39 is 5.82 Å². The first kappa shape index (κ1) is 23.9. The highest BCUT2D eigenvalue weighted by Crippen LogP contribution is 2.30. The Kier molecular flexibility index (Phi) is 7.59. The summed E-state index contributed by atoms with van der Waals surface area (Å²) in [6.45, 7) is 1.83. The number of thiophene rings is 1. The van der Waals surface area contributed by atoms with Crippen molar-refractivity contribution in [1.82, 2.24) is 20.2 Å². The number of likely N-dealkylation sites (N-methyl/N-ethyl adjacent to an activating group) is 1. The number of amides is 1. The molecular formula is C24H28FN5O3S. The third-order valence-corrected chi connectivity index (χ3v) is 6.69. The van der Waals surface area contributed by atoms with Crippen molar-refractivity contribution >= 4 is 22.9 Å². The molecule has 34 heavy (non-hydrogen) atoms. The van der Waals surface area contributed by atoms with Crippen molar-refractivity contribution in [3.05, 3.63) is 64.0 Å². The number of hydrogen-bond acceptors (Lipinski definition) is 8. The van der Waals surface area contributed by atoms with Gasteiger partial charge in [0.05, 0.1) is 36.8 Å². The van der Waals surface area contributed by atoms with E-state index in [-0.39, 0.29) is 24.2 Å². The van der Waals surface area contributed by atoms with E-state index in [1.807, 2.05) is 36.5 Å². The number of nitrogens with zero attached hydrogens (tertiary/aromatic N) is 4. The van der Waals surface area contributed by atoms with Gasteiger partial charge in [0, 0.05) is 49.8 Å². The number of carbonyl (C=O) groups is 1. The van der Waals surface area contributed by atoms with Gasteiger partial charge in [-0.15, -0.1) is 11.3 Å². The van der Waals surface area contributed by atoms with Crippen LogP contribution in [0.15, 0.2) is 42.0 Å². The van der Waals surface area contributed by atoms with Crippen LogP contribution in [0.4, 0.5) is 10.1 Å². The van der Waals surface area contributed by atoms with Crippen LogP contribution in [0.1, 0.15) is 33.5 Å². The molecule has 180 valence electrons. The van der Waals surface area contributed by atoms with Crippen molar-refractivity contribution < 1.29 is 18.7 Å². The molecule has 8 nitrogen and oxygen atoms in total. The summed E-state index contributed by atoms with van der Waals surface area (Å²) in [5, 5.41) is 5.11. The SMILES string of the molecule is CNCC[C@H](Oc1cnc(CN2CCN(C)c3cc(OC)ncc3C2=O)c(F)c1)c1cccs1. The first-order chi connectivity index (χ1) is 16.5. The molecule has 0 bridgehead atoms. The molecule has 4 rings (SSSR count). The second-order valence-electron chi connectivity index (χ2n) is 8.01. The zero-order valence-electron chi connectivity index (χ0n) is 19.5. The average Bonchev–Trinajstić information content (AvgIpc) is 3.36. The Hall–Kier alpha value is -3.24. The summed E-state index contributed by atoms with van der Waals surface area (Å²) in [7, 11) is 5.32. The van der Waals surface area contributed by atoms with Gasteiger partial charge in [-0.3, -0.25) is 9.78 Å². The number of carbonyl (C=O) groups excluding carboxylic acids is 1. The fraction of sp³-hybridized carbons (Fsp3) is 0.375. The lowest BCUT2D eigenvalue weighted by molar-refractivity contribution is 0.0750. The second kappa shape index (κ2) is 10.8. The van der Waals surface area contributed by atoms with E-state index in [2.05, 4.69) is 15.3 Å². The fourth-order valence-corrected chi connectivity index (χ4v) is 4.61. The molecule has 0 fully saturated rings. The zero-order valence-corrected chi connectivity index (χ0v) is 20.3. The number of anilines is 1. The molecule has 4 heterocycles. The van der Waals surface area contributed by atoms with Gasteiger partial charge >= 0.3 is 0 Å². The van der Waals surface area contributed by atoms with Crippen LogP contribution in [-0.2, 0) is 6.54 Å². The van der Waals surface area contributed by atoms with Gasteiger partial charge in [-0.2, -0.15) is 0 Å². The van der Waals surface area contributed by atoms with Crippen LogP contribution in [0.5, 0.6) is 11.6 Å². The van der Waals surface area contributed by atoms with Crippen molar-refractivity contribution in [2.75, 3.05) is 45.7 Å². The summed E-state index contributed by atoms with van der Waals surface area (Å²) in [5.41, 5.74) is 1.37. The molecule has 0 unspecified atom stereocenters. The Bertz CT molecular complexity index is 1130. The maximum Gasteiger partial charge on any atom is 0.257 e. The van der Waals surface area contributed by atoms with Crippen LogP contribution < -0.4 is 19.7 Å². The van der Waals surface area contributed by atoms with E-state index in [4.69, 9.17) is 9.47 Å². The van der Waals surface area contributed by atoms with Gasteiger partial charge in [-0.25, -0.2) is 9.37 Å². The van der Waals surface area contributed by atoms with Gasteiger partial charge < -0.3 is 24.6 Å². The number of rotatable bonds is 9. The summed E-state index contributed by atoms with van der Waals surface area (Å²) < 4.78 is 26.3. The first-order valence-electron chi connectivity index (χ1n) is 11.0. The number of ether oxygens (including phenoxy) is 2. The third kappa shape index (κ3) is 5.28. The lowest BCUT2D eigenvalue weighted by Gasteiger charge is -2.21. The quantitative estimate of drug-likeness (QED) is 0.497. The standard InChI is InChI=1S/C24H28FN5O3S/c1-26-7-6-21(22-5-4-10-34-22)33-16-11-18(25)19(27-13-16)15-30-9-8-29(2)20-12-23(32-3)28-14-17(20)24(30)31/h4-5,10-14,21,26H,6-9,15H2,1-3H3/t21-/m0/s1. The van der Waals surface area contributed by atoms with Gasteiger partial charge in [0.15, 0.2) is 0 Å². The molecule has 0 saturated heterocycles. The topological polar surface area (TPSA) is 79.8 Å². The molecule has 3 aromatic heterocycles. The molecule has 1 aliphatic heterocycles. The minimum Gasteiger partial charge on any atom is -0.483 e. The molecule has 0 spiro atoms. The molecule has 1 atom stereocenters. The summed E-state index contributed by atoms with van der Waals surface area (Å²) in [6, 6.07) is 7.06. The third-order valence-electron chi connectivity index (χ3n) is 5.73. The van der Waals surface area contributed by atoms with Crippen molar-refractivity contribution in [2.24, 2.45) is 0 Å². The molecule has 1 amide bonds. The van der Waals surface area contributed by atoms with Crippen LogP contribution in [-0.4, -0.2) is 61.6 Å². The summed E-state index contributed by atoms with van der Waals surface area (Å²) in [4.78, 5) is 26.3. The number of hydrogen-bond donors (Lipinski definition) is 1. The number of aromatic nitrogens is 2. The van der Waals surface area contributed by atoms with Crippen LogP contribution in [0.25, 0.3) is 0 Å². The van der Waals surface area contributed by atoms with E-state index in [1.165, 1.54) is 25.6 Å². The Morgan fingerprint density at radius 3 is 2.82 bits per heavy atom. The minimum atomic E-state index is -0.505. The van der Waals surface area contributed by atoms with Crippen LogP contribution in [0, 0.1) is 5.82 Å². The van der Waals surface area contributed by atoms with E-state index in [0.717, 1.165) is 23.5 Å². The van der Waals surface area contributed by atoms with E-state index >= 15 is 4.39 Å². The van der Waals surface area contributed by atoms with Gasteiger partial charge in [0.1, 0.15) is 17.7 Å². The highest BCUT2D eigenvalue weighted by Gasteiger charge is 2.27. The van der Waals surface area contributed by atoms with Gasteiger partial charge in [0.25, 0.3) is 5.91 Å². The monoisotopic (exact) mass is 485 g/mol. The Morgan fingerprint density at radius 2 is 2.12 bits per heavy atom. The maximum absolute atomic E-state index is 15.0. The Balaban J connectivity index is 1.50. The van der Waals surface area contributed by atoms with E-state index in [1.54, 1.807) is 22.3 Å². The van der Waals surface area contributed by atoms with Gasteiger partial charge in [0.2, 0.25) is 5.88 Å². The van der Waals surface area contributed by atoms with Crippen molar-refractivity contribution in [2.45, 2.75) is 19.1 Å². The number of fused-ring (bicyclic) bond motifs is 1. The molecule has 3 aromatic rings. The minimum absolute atomic E-state index is 0.0539. The Morgan fingerprint density at radius 1 is 1.26 bits per heavy atom. The number of halogens is 1. The molecule has 1 N–H and O–H groups in total. The normalized spacial score (nSPS) is 14.5. The highest BCUT2D eigenvalue weighted by atomic mass is 32.1. The maximum atomic E-state index is 15.0. The lowest BCUT2D eigenvalue weighted by Crippen LogP contribution is -2.34. The van der Waals surface area contributed by atoms with Crippen molar-refractivity contribution in [3.63, 3.8) is 0 Å². The van der Waals surface area contributed by atoms with Crippen LogP contribution in [0.2, 0.25) is 0 Å². The predicted molar refractivity (Wildman–Crippen MR) is 129 cm³/mol. The number of methoxy groups -OCH3 is 1. The molecule has 0 radical (unpaired) electrons. The smallest absolute Gasteiger partial charge is 0.257 e. The van der Waals surface area contributed by atoms with E-state index in [9.17, 15) is 4.79 Å². The zero-order chi connectivity index (χ0) is 24.1. The van der Waals surface area contributed by atoms with Gasteiger partial charge in [-0.05, 0) is 25.0 Å². The molecule has 0 saturated carbocycles. The summed E-state index contributed by atoms with van der Waals surface area (Å²) >= 11 is 1.60. The lowest BCUT2D eigenvalue weighted by atomic mass is 10.2.